The molecule has 1 atom stereocenters. The van der Waals surface area contributed by atoms with Crippen LogP contribution in [0.1, 0.15) is 59.3 Å². The van der Waals surface area contributed by atoms with Gasteiger partial charge in [0.2, 0.25) is 0 Å². The van der Waals surface area contributed by atoms with Crippen LogP contribution in [0.2, 0.25) is 0 Å². The summed E-state index contributed by atoms with van der Waals surface area (Å²) in [6, 6.07) is -0.155. The third kappa shape index (κ3) is 5.39. The lowest BCUT2D eigenvalue weighted by Gasteiger charge is -2.24. The minimum atomic E-state index is -0.442. The largest absolute Gasteiger partial charge is 0.391 e. The van der Waals surface area contributed by atoms with Crippen molar-refractivity contribution in [3.63, 3.8) is 0 Å². The lowest BCUT2D eigenvalue weighted by Crippen LogP contribution is -2.44. The van der Waals surface area contributed by atoms with E-state index in [9.17, 15) is 9.90 Å². The van der Waals surface area contributed by atoms with E-state index in [2.05, 4.69) is 31.4 Å². The van der Waals surface area contributed by atoms with Crippen LogP contribution in [0.25, 0.3) is 0 Å². The maximum Gasteiger partial charge on any atom is 0.314 e. The summed E-state index contributed by atoms with van der Waals surface area (Å²) in [6.07, 6.45) is 6.38. The Morgan fingerprint density at radius 1 is 1.21 bits per heavy atom. The normalized spacial score (nSPS) is 19.4. The van der Waals surface area contributed by atoms with Gasteiger partial charge in [0.25, 0.3) is 0 Å². The lowest BCUT2D eigenvalue weighted by molar-refractivity contribution is 0.103. The van der Waals surface area contributed by atoms with Crippen LogP contribution < -0.4 is 10.6 Å². The first-order valence-electron chi connectivity index (χ1n) is 7.70. The Morgan fingerprint density at radius 2 is 1.79 bits per heavy atom. The Kier molecular flexibility index (Phi) is 6.63. The Bertz CT molecular complexity index is 271. The average Bonchev–Trinajstić information content (AvgIpc) is 2.83. The van der Waals surface area contributed by atoms with E-state index in [1.54, 1.807) is 0 Å². The molecule has 0 spiro atoms. The van der Waals surface area contributed by atoms with Crippen molar-refractivity contribution in [2.75, 3.05) is 13.1 Å². The van der Waals surface area contributed by atoms with Crippen molar-refractivity contribution in [1.29, 1.82) is 0 Å². The van der Waals surface area contributed by atoms with Crippen LogP contribution in [0.15, 0.2) is 0 Å². The van der Waals surface area contributed by atoms with Crippen LogP contribution in [-0.2, 0) is 0 Å². The van der Waals surface area contributed by atoms with E-state index in [1.165, 1.54) is 25.7 Å². The molecule has 0 radical (unpaired) electrons. The number of carbonyl (C=O) groups is 1. The van der Waals surface area contributed by atoms with Gasteiger partial charge in [-0.2, -0.15) is 0 Å². The topological polar surface area (TPSA) is 61.4 Å². The van der Waals surface area contributed by atoms with Crippen LogP contribution in [0.5, 0.6) is 0 Å². The van der Waals surface area contributed by atoms with Gasteiger partial charge in [-0.25, -0.2) is 4.79 Å². The quantitative estimate of drug-likeness (QED) is 0.666. The Morgan fingerprint density at radius 3 is 2.32 bits per heavy atom. The van der Waals surface area contributed by atoms with Crippen molar-refractivity contribution in [2.45, 2.75) is 65.4 Å². The third-order valence-corrected chi connectivity index (χ3v) is 4.55. The fourth-order valence-corrected chi connectivity index (χ4v) is 2.96. The minimum absolute atomic E-state index is 0.155. The monoisotopic (exact) mass is 270 g/mol. The summed E-state index contributed by atoms with van der Waals surface area (Å²) in [5.41, 5.74) is 0.269. The number of urea groups is 1. The first kappa shape index (κ1) is 16.3. The average molecular weight is 270 g/mol. The SMILES string of the molecule is CCC(CC)C(O)CNC(=O)NCC1(C)CCCC1. The van der Waals surface area contributed by atoms with Gasteiger partial charge in [-0.15, -0.1) is 0 Å². The molecular weight excluding hydrogens is 240 g/mol. The first-order valence-corrected chi connectivity index (χ1v) is 7.70. The van der Waals surface area contributed by atoms with Gasteiger partial charge >= 0.3 is 6.03 Å². The van der Waals surface area contributed by atoms with E-state index in [4.69, 9.17) is 0 Å². The highest BCUT2D eigenvalue weighted by Gasteiger charge is 2.28. The zero-order chi connectivity index (χ0) is 14.3. The van der Waals surface area contributed by atoms with Crippen LogP contribution in [0.4, 0.5) is 4.79 Å². The predicted molar refractivity (Wildman–Crippen MR) is 78.1 cm³/mol. The Labute approximate surface area is 117 Å². The Hall–Kier alpha value is -0.770. The molecule has 1 fully saturated rings. The molecule has 19 heavy (non-hydrogen) atoms. The highest BCUT2D eigenvalue weighted by molar-refractivity contribution is 5.73. The molecule has 112 valence electrons. The van der Waals surface area contributed by atoms with Gasteiger partial charge in [-0.3, -0.25) is 0 Å². The van der Waals surface area contributed by atoms with Gasteiger partial charge in [-0.05, 0) is 24.2 Å². The van der Waals surface area contributed by atoms with Crippen molar-refractivity contribution in [3.8, 4) is 0 Å². The number of amides is 2. The van der Waals surface area contributed by atoms with Crippen molar-refractivity contribution in [1.82, 2.24) is 10.6 Å². The standard InChI is InChI=1S/C15H30N2O2/c1-4-12(5-2)13(18)10-16-14(19)17-11-15(3)8-6-7-9-15/h12-13,18H,4-11H2,1-3H3,(H2,16,17,19). The number of rotatable bonds is 7. The number of hydrogen-bond donors (Lipinski definition) is 3. The summed E-state index contributed by atoms with van der Waals surface area (Å²) in [6.45, 7) is 7.45. The van der Waals surface area contributed by atoms with Gasteiger partial charge in [0, 0.05) is 13.1 Å². The van der Waals surface area contributed by atoms with Gasteiger partial charge in [-0.1, -0.05) is 46.5 Å². The summed E-state index contributed by atoms with van der Waals surface area (Å²) in [7, 11) is 0. The van der Waals surface area contributed by atoms with Gasteiger partial charge in [0.15, 0.2) is 0 Å². The second-order valence-corrected chi connectivity index (χ2v) is 6.23. The molecule has 0 bridgehead atoms. The molecule has 1 rings (SSSR count). The van der Waals surface area contributed by atoms with E-state index >= 15 is 0 Å². The number of hydrogen-bond acceptors (Lipinski definition) is 2. The molecule has 0 aromatic rings. The summed E-state index contributed by atoms with van der Waals surface area (Å²) in [5.74, 6) is 0.271. The van der Waals surface area contributed by atoms with E-state index < -0.39 is 6.10 Å². The molecular formula is C15H30N2O2. The number of carbonyl (C=O) groups excluding carboxylic acids is 1. The zero-order valence-corrected chi connectivity index (χ0v) is 12.7. The van der Waals surface area contributed by atoms with E-state index in [0.717, 1.165) is 19.4 Å². The molecule has 1 saturated carbocycles. The van der Waals surface area contributed by atoms with Crippen LogP contribution >= 0.6 is 0 Å². The third-order valence-electron chi connectivity index (χ3n) is 4.55. The van der Waals surface area contributed by atoms with Crippen molar-refractivity contribution in [2.24, 2.45) is 11.3 Å². The second-order valence-electron chi connectivity index (χ2n) is 6.23. The van der Waals surface area contributed by atoms with Gasteiger partial charge in [0.1, 0.15) is 0 Å². The number of aliphatic hydroxyl groups excluding tert-OH is 1. The van der Waals surface area contributed by atoms with Crippen LogP contribution in [0.3, 0.4) is 0 Å². The van der Waals surface area contributed by atoms with Crippen LogP contribution in [-0.4, -0.2) is 30.3 Å². The molecule has 2 amide bonds. The second kappa shape index (κ2) is 7.73. The zero-order valence-electron chi connectivity index (χ0n) is 12.7. The maximum atomic E-state index is 11.7. The van der Waals surface area contributed by atoms with Crippen molar-refractivity contribution >= 4 is 6.03 Å². The molecule has 3 N–H and O–H groups in total. The maximum absolute atomic E-state index is 11.7. The smallest absolute Gasteiger partial charge is 0.314 e. The van der Waals surface area contributed by atoms with Gasteiger partial charge < -0.3 is 15.7 Å². The molecule has 4 heteroatoms. The molecule has 0 aromatic heterocycles. The highest BCUT2D eigenvalue weighted by atomic mass is 16.3. The summed E-state index contributed by atoms with van der Waals surface area (Å²) >= 11 is 0. The fraction of sp³-hybridized carbons (Fsp3) is 0.933. The number of aliphatic hydroxyl groups is 1. The molecule has 0 saturated heterocycles. The molecule has 1 aliphatic rings. The van der Waals surface area contributed by atoms with E-state index in [-0.39, 0.29) is 17.4 Å². The molecule has 1 unspecified atom stereocenters. The van der Waals surface area contributed by atoms with Crippen molar-refractivity contribution in [3.05, 3.63) is 0 Å². The predicted octanol–water partition coefficient (Wildman–Crippen LogP) is 2.66. The molecule has 0 aliphatic heterocycles. The minimum Gasteiger partial charge on any atom is -0.391 e. The lowest BCUT2D eigenvalue weighted by atomic mass is 9.89. The molecule has 0 heterocycles. The molecule has 1 aliphatic carbocycles. The van der Waals surface area contributed by atoms with Gasteiger partial charge in [0.05, 0.1) is 6.10 Å². The van der Waals surface area contributed by atoms with E-state index in [1.807, 2.05) is 0 Å². The fourth-order valence-electron chi connectivity index (χ4n) is 2.96. The molecule has 0 aromatic carbocycles. The van der Waals surface area contributed by atoms with E-state index in [0.29, 0.717) is 6.54 Å². The summed E-state index contributed by atoms with van der Waals surface area (Å²) in [5, 5.41) is 15.7. The summed E-state index contributed by atoms with van der Waals surface area (Å²) < 4.78 is 0. The van der Waals surface area contributed by atoms with Crippen molar-refractivity contribution < 1.29 is 9.90 Å². The number of nitrogens with one attached hydrogen (secondary N) is 2. The summed E-state index contributed by atoms with van der Waals surface area (Å²) in [4.78, 5) is 11.7. The molecule has 4 nitrogen and oxygen atoms in total. The highest BCUT2D eigenvalue weighted by Crippen LogP contribution is 2.36. The van der Waals surface area contributed by atoms with Crippen LogP contribution in [0, 0.1) is 11.3 Å². The Balaban J connectivity index is 2.20. The first-order chi connectivity index (χ1) is 9.00.